The van der Waals surface area contributed by atoms with Gasteiger partial charge < -0.3 is 5.32 Å². The number of H-pyrrole nitrogens is 1. The fourth-order valence-electron chi connectivity index (χ4n) is 1.57. The number of fused-ring (bicyclic) bond motifs is 3. The summed E-state index contributed by atoms with van der Waals surface area (Å²) in [6.07, 6.45) is 0. The van der Waals surface area contributed by atoms with Gasteiger partial charge in [0, 0.05) is 11.5 Å². The SMILES string of the molecule is CNc1nc2nc3cc(Br)ccc3n2[nH]1. The number of hydrogen-bond donors (Lipinski definition) is 2. The zero-order valence-electron chi connectivity index (χ0n) is 7.95. The molecule has 0 unspecified atom stereocenters. The first-order valence-electron chi connectivity index (χ1n) is 4.49. The second-order valence-corrected chi connectivity index (χ2v) is 4.12. The number of anilines is 1. The van der Waals surface area contributed by atoms with E-state index in [4.69, 9.17) is 0 Å². The van der Waals surface area contributed by atoms with E-state index in [-0.39, 0.29) is 0 Å². The van der Waals surface area contributed by atoms with Crippen LogP contribution in [0.25, 0.3) is 16.8 Å². The van der Waals surface area contributed by atoms with E-state index in [0.29, 0.717) is 11.7 Å². The lowest BCUT2D eigenvalue weighted by molar-refractivity contribution is 1.01. The highest BCUT2D eigenvalue weighted by molar-refractivity contribution is 9.10. The first-order valence-corrected chi connectivity index (χ1v) is 5.29. The molecular formula is C9H8BrN5. The number of halogens is 1. The van der Waals surface area contributed by atoms with Crippen LogP contribution < -0.4 is 5.32 Å². The van der Waals surface area contributed by atoms with E-state index in [1.807, 2.05) is 29.8 Å². The largest absolute Gasteiger partial charge is 0.358 e. The van der Waals surface area contributed by atoms with Crippen molar-refractivity contribution in [2.24, 2.45) is 0 Å². The van der Waals surface area contributed by atoms with Gasteiger partial charge in [-0.3, -0.25) is 5.10 Å². The highest BCUT2D eigenvalue weighted by atomic mass is 79.9. The van der Waals surface area contributed by atoms with Crippen LogP contribution in [0, 0.1) is 0 Å². The predicted octanol–water partition coefficient (Wildman–Crippen LogP) is 2.01. The molecule has 5 nitrogen and oxygen atoms in total. The van der Waals surface area contributed by atoms with Gasteiger partial charge >= 0.3 is 0 Å². The van der Waals surface area contributed by atoms with Crippen LogP contribution >= 0.6 is 15.9 Å². The first-order chi connectivity index (χ1) is 7.28. The summed E-state index contributed by atoms with van der Waals surface area (Å²) in [5.41, 5.74) is 1.94. The van der Waals surface area contributed by atoms with Gasteiger partial charge in [0.15, 0.2) is 0 Å². The number of nitrogens with one attached hydrogen (secondary N) is 2. The third-order valence-electron chi connectivity index (χ3n) is 2.27. The van der Waals surface area contributed by atoms with Crippen LogP contribution in [0.5, 0.6) is 0 Å². The maximum atomic E-state index is 4.40. The van der Waals surface area contributed by atoms with Gasteiger partial charge in [-0.05, 0) is 18.2 Å². The summed E-state index contributed by atoms with van der Waals surface area (Å²) in [4.78, 5) is 8.66. The molecule has 1 aromatic carbocycles. The second kappa shape index (κ2) is 2.96. The highest BCUT2D eigenvalue weighted by Crippen LogP contribution is 2.20. The molecular weight excluding hydrogens is 258 g/mol. The Labute approximate surface area is 93.6 Å². The number of nitrogens with zero attached hydrogens (tertiary/aromatic N) is 3. The van der Waals surface area contributed by atoms with Crippen molar-refractivity contribution >= 4 is 38.7 Å². The van der Waals surface area contributed by atoms with E-state index in [2.05, 4.69) is 36.3 Å². The van der Waals surface area contributed by atoms with Crippen molar-refractivity contribution in [2.75, 3.05) is 12.4 Å². The molecule has 2 aromatic heterocycles. The number of aromatic nitrogens is 4. The van der Waals surface area contributed by atoms with E-state index >= 15 is 0 Å². The van der Waals surface area contributed by atoms with Crippen LogP contribution in [0.15, 0.2) is 22.7 Å². The first kappa shape index (κ1) is 8.72. The molecule has 2 heterocycles. The topological polar surface area (TPSA) is 58.0 Å². The molecule has 0 fully saturated rings. The molecule has 2 N–H and O–H groups in total. The lowest BCUT2D eigenvalue weighted by atomic mass is 10.3. The van der Waals surface area contributed by atoms with E-state index in [1.54, 1.807) is 0 Å². The lowest BCUT2D eigenvalue weighted by Crippen LogP contribution is -1.91. The van der Waals surface area contributed by atoms with Crippen LogP contribution in [-0.2, 0) is 0 Å². The summed E-state index contributed by atoms with van der Waals surface area (Å²) in [5, 5.41) is 6.05. The molecule has 3 aromatic rings. The molecule has 0 aliphatic carbocycles. The average Bonchev–Trinajstić information content (AvgIpc) is 2.73. The van der Waals surface area contributed by atoms with E-state index < -0.39 is 0 Å². The molecule has 0 saturated carbocycles. The molecule has 0 atom stereocenters. The van der Waals surface area contributed by atoms with Crippen molar-refractivity contribution in [1.29, 1.82) is 0 Å². The van der Waals surface area contributed by atoms with E-state index in [1.165, 1.54) is 0 Å². The average molecular weight is 266 g/mol. The monoisotopic (exact) mass is 265 g/mol. The number of rotatable bonds is 1. The Morgan fingerprint density at radius 1 is 1.40 bits per heavy atom. The zero-order chi connectivity index (χ0) is 10.4. The number of benzene rings is 1. The number of imidazole rings is 1. The predicted molar refractivity (Wildman–Crippen MR) is 62.1 cm³/mol. The molecule has 0 spiro atoms. The van der Waals surface area contributed by atoms with Crippen molar-refractivity contribution in [3.63, 3.8) is 0 Å². The zero-order valence-corrected chi connectivity index (χ0v) is 9.54. The maximum absolute atomic E-state index is 4.40. The summed E-state index contributed by atoms with van der Waals surface area (Å²) in [7, 11) is 1.82. The molecule has 0 radical (unpaired) electrons. The van der Waals surface area contributed by atoms with Gasteiger partial charge in [-0.25, -0.2) is 9.50 Å². The van der Waals surface area contributed by atoms with Gasteiger partial charge in [-0.1, -0.05) is 15.9 Å². The molecule has 6 heteroatoms. The molecule has 3 rings (SSSR count). The molecule has 0 aliphatic rings. The quantitative estimate of drug-likeness (QED) is 0.708. The highest BCUT2D eigenvalue weighted by Gasteiger charge is 2.08. The Morgan fingerprint density at radius 3 is 3.07 bits per heavy atom. The minimum absolute atomic E-state index is 0.674. The molecule has 0 bridgehead atoms. The smallest absolute Gasteiger partial charge is 0.253 e. The van der Waals surface area contributed by atoms with Crippen molar-refractivity contribution in [3.8, 4) is 0 Å². The standard InChI is InChI=1S/C9H8BrN5/c1-11-8-13-9-12-6-4-5(10)2-3-7(6)15(9)14-8/h2-4H,1H3,(H2,11,12,13,14). The summed E-state index contributed by atoms with van der Waals surface area (Å²) in [5.74, 6) is 1.38. The van der Waals surface area contributed by atoms with Gasteiger partial charge in [0.05, 0.1) is 11.0 Å². The van der Waals surface area contributed by atoms with Gasteiger partial charge in [0.25, 0.3) is 5.78 Å². The maximum Gasteiger partial charge on any atom is 0.253 e. The van der Waals surface area contributed by atoms with Gasteiger partial charge in [0.1, 0.15) is 0 Å². The van der Waals surface area contributed by atoms with Gasteiger partial charge in [0.2, 0.25) is 5.95 Å². The normalized spacial score (nSPS) is 11.3. The van der Waals surface area contributed by atoms with Gasteiger partial charge in [-0.15, -0.1) is 0 Å². The minimum atomic E-state index is 0.674. The fraction of sp³-hybridized carbons (Fsp3) is 0.111. The fourth-order valence-corrected chi connectivity index (χ4v) is 1.92. The van der Waals surface area contributed by atoms with Crippen molar-refractivity contribution in [2.45, 2.75) is 0 Å². The lowest BCUT2D eigenvalue weighted by Gasteiger charge is -1.92. The Balaban J connectivity index is 2.40. The third kappa shape index (κ3) is 1.21. The Morgan fingerprint density at radius 2 is 2.27 bits per heavy atom. The molecule has 76 valence electrons. The van der Waals surface area contributed by atoms with Crippen LogP contribution in [0.1, 0.15) is 0 Å². The van der Waals surface area contributed by atoms with Crippen molar-refractivity contribution in [1.82, 2.24) is 19.6 Å². The summed E-state index contributed by atoms with van der Waals surface area (Å²) < 4.78 is 2.87. The minimum Gasteiger partial charge on any atom is -0.358 e. The summed E-state index contributed by atoms with van der Waals surface area (Å²) in [6, 6.07) is 5.95. The van der Waals surface area contributed by atoms with Crippen LogP contribution in [-0.4, -0.2) is 26.6 Å². The number of aromatic amines is 1. The Hall–Kier alpha value is -1.56. The Kier molecular flexibility index (Phi) is 1.72. The van der Waals surface area contributed by atoms with E-state index in [9.17, 15) is 0 Å². The Bertz CT molecular complexity index is 638. The van der Waals surface area contributed by atoms with Gasteiger partial charge in [-0.2, -0.15) is 4.98 Å². The number of hydrogen-bond acceptors (Lipinski definition) is 3. The second-order valence-electron chi connectivity index (χ2n) is 3.20. The molecule has 0 saturated heterocycles. The molecule has 15 heavy (non-hydrogen) atoms. The van der Waals surface area contributed by atoms with Crippen LogP contribution in [0.3, 0.4) is 0 Å². The van der Waals surface area contributed by atoms with E-state index in [0.717, 1.165) is 15.5 Å². The van der Waals surface area contributed by atoms with Crippen molar-refractivity contribution in [3.05, 3.63) is 22.7 Å². The molecule has 0 aliphatic heterocycles. The molecule has 0 amide bonds. The third-order valence-corrected chi connectivity index (χ3v) is 2.76. The summed E-state index contributed by atoms with van der Waals surface area (Å²) >= 11 is 3.41. The summed E-state index contributed by atoms with van der Waals surface area (Å²) in [6.45, 7) is 0. The van der Waals surface area contributed by atoms with Crippen molar-refractivity contribution < 1.29 is 0 Å². The van der Waals surface area contributed by atoms with Crippen LogP contribution in [0.2, 0.25) is 0 Å². The van der Waals surface area contributed by atoms with Crippen LogP contribution in [0.4, 0.5) is 5.95 Å².